The number of hydrogen-bond acceptors (Lipinski definition) is 7. The van der Waals surface area contributed by atoms with Crippen molar-refractivity contribution in [3.63, 3.8) is 0 Å². The summed E-state index contributed by atoms with van der Waals surface area (Å²) < 4.78 is 10.5. The Balaban J connectivity index is 1.64. The molecule has 1 saturated heterocycles. The molecule has 0 bridgehead atoms. The van der Waals surface area contributed by atoms with Gasteiger partial charge in [-0.1, -0.05) is 0 Å². The summed E-state index contributed by atoms with van der Waals surface area (Å²) in [5, 5.41) is 4.07. The molecule has 0 spiro atoms. The van der Waals surface area contributed by atoms with Crippen molar-refractivity contribution < 1.29 is 9.15 Å². The summed E-state index contributed by atoms with van der Waals surface area (Å²) in [5.41, 5.74) is 2.86. The van der Waals surface area contributed by atoms with E-state index in [1.807, 2.05) is 18.2 Å². The van der Waals surface area contributed by atoms with Crippen molar-refractivity contribution in [3.8, 4) is 0 Å². The minimum atomic E-state index is 0.643. The Morgan fingerprint density at radius 1 is 1.30 bits per heavy atom. The van der Waals surface area contributed by atoms with Crippen molar-refractivity contribution in [2.24, 2.45) is 5.10 Å². The standard InChI is InChI=1S/C13H15N5O2/c1-2-11(20-5-1)9-16-17-12-8-13(15-10-14-12)18-3-6-19-7-4-18/h1-2,5,8-10H,3-4,6-7H2,(H,14,15,17)/b16-9+. The number of aromatic nitrogens is 2. The highest BCUT2D eigenvalue weighted by molar-refractivity contribution is 5.76. The first-order chi connectivity index (χ1) is 9.92. The van der Waals surface area contributed by atoms with Gasteiger partial charge in [0.05, 0.1) is 25.7 Å². The van der Waals surface area contributed by atoms with Gasteiger partial charge in [-0.25, -0.2) is 9.97 Å². The summed E-state index contributed by atoms with van der Waals surface area (Å²) in [6.07, 6.45) is 4.72. The van der Waals surface area contributed by atoms with Crippen LogP contribution >= 0.6 is 0 Å². The van der Waals surface area contributed by atoms with Gasteiger partial charge in [0, 0.05) is 19.2 Å². The van der Waals surface area contributed by atoms with E-state index in [4.69, 9.17) is 9.15 Å². The average molecular weight is 273 g/mol. The zero-order valence-electron chi connectivity index (χ0n) is 10.9. The van der Waals surface area contributed by atoms with Crippen LogP contribution in [-0.2, 0) is 4.74 Å². The number of nitrogens with zero attached hydrogens (tertiary/aromatic N) is 4. The summed E-state index contributed by atoms with van der Waals surface area (Å²) in [4.78, 5) is 10.6. The quantitative estimate of drug-likeness (QED) is 0.669. The molecule has 0 atom stereocenters. The topological polar surface area (TPSA) is 75.8 Å². The first kappa shape index (κ1) is 12.6. The van der Waals surface area contributed by atoms with Crippen molar-refractivity contribution >= 4 is 17.9 Å². The molecule has 2 aromatic rings. The number of nitrogens with one attached hydrogen (secondary N) is 1. The average Bonchev–Trinajstić information content (AvgIpc) is 3.02. The molecule has 0 radical (unpaired) electrons. The molecule has 1 fully saturated rings. The van der Waals surface area contributed by atoms with Crippen LogP contribution in [0.15, 0.2) is 40.3 Å². The van der Waals surface area contributed by atoms with E-state index in [2.05, 4.69) is 25.4 Å². The predicted octanol–water partition coefficient (Wildman–Crippen LogP) is 1.35. The fraction of sp³-hybridized carbons (Fsp3) is 0.308. The molecule has 7 nitrogen and oxygen atoms in total. The molecule has 2 aromatic heterocycles. The van der Waals surface area contributed by atoms with Gasteiger partial charge in [-0.05, 0) is 12.1 Å². The maximum Gasteiger partial charge on any atom is 0.151 e. The molecule has 0 aromatic carbocycles. The number of morpholine rings is 1. The molecule has 3 rings (SSSR count). The second kappa shape index (κ2) is 6.16. The predicted molar refractivity (Wildman–Crippen MR) is 75.0 cm³/mol. The second-order valence-electron chi connectivity index (χ2n) is 4.25. The van der Waals surface area contributed by atoms with Gasteiger partial charge in [0.2, 0.25) is 0 Å². The van der Waals surface area contributed by atoms with Gasteiger partial charge in [-0.2, -0.15) is 5.10 Å². The summed E-state index contributed by atoms with van der Waals surface area (Å²) in [5.74, 6) is 2.20. The summed E-state index contributed by atoms with van der Waals surface area (Å²) in [7, 11) is 0. The van der Waals surface area contributed by atoms with Crippen LogP contribution in [0, 0.1) is 0 Å². The normalized spacial score (nSPS) is 15.7. The molecule has 1 N–H and O–H groups in total. The van der Waals surface area contributed by atoms with E-state index in [1.54, 1.807) is 12.5 Å². The number of ether oxygens (including phenoxy) is 1. The molecule has 3 heterocycles. The molecular weight excluding hydrogens is 258 g/mol. The van der Waals surface area contributed by atoms with Crippen LogP contribution in [0.2, 0.25) is 0 Å². The summed E-state index contributed by atoms with van der Waals surface area (Å²) in [6, 6.07) is 5.50. The third-order valence-corrected chi connectivity index (χ3v) is 2.90. The Morgan fingerprint density at radius 2 is 2.20 bits per heavy atom. The molecule has 0 aliphatic carbocycles. The fourth-order valence-electron chi connectivity index (χ4n) is 1.90. The summed E-state index contributed by atoms with van der Waals surface area (Å²) >= 11 is 0. The van der Waals surface area contributed by atoms with E-state index in [0.717, 1.165) is 32.1 Å². The maximum absolute atomic E-state index is 5.32. The van der Waals surface area contributed by atoms with Gasteiger partial charge < -0.3 is 14.1 Å². The van der Waals surface area contributed by atoms with E-state index < -0.39 is 0 Å². The number of rotatable bonds is 4. The number of furan rings is 1. The lowest BCUT2D eigenvalue weighted by Gasteiger charge is -2.27. The van der Waals surface area contributed by atoms with Gasteiger partial charge in [0.15, 0.2) is 5.82 Å². The molecule has 0 unspecified atom stereocenters. The fourth-order valence-corrected chi connectivity index (χ4v) is 1.90. The lowest BCUT2D eigenvalue weighted by Crippen LogP contribution is -2.36. The van der Waals surface area contributed by atoms with E-state index in [-0.39, 0.29) is 0 Å². The van der Waals surface area contributed by atoms with Crippen molar-refractivity contribution in [1.29, 1.82) is 0 Å². The van der Waals surface area contributed by atoms with Crippen LogP contribution in [0.5, 0.6) is 0 Å². The Morgan fingerprint density at radius 3 is 3.00 bits per heavy atom. The third kappa shape index (κ3) is 3.12. The van der Waals surface area contributed by atoms with Gasteiger partial charge in [-0.3, -0.25) is 5.43 Å². The van der Waals surface area contributed by atoms with Gasteiger partial charge >= 0.3 is 0 Å². The zero-order valence-corrected chi connectivity index (χ0v) is 10.9. The first-order valence-electron chi connectivity index (χ1n) is 6.39. The van der Waals surface area contributed by atoms with Gasteiger partial charge in [0.1, 0.15) is 17.9 Å². The van der Waals surface area contributed by atoms with Crippen LogP contribution < -0.4 is 10.3 Å². The monoisotopic (exact) mass is 273 g/mol. The van der Waals surface area contributed by atoms with Gasteiger partial charge in [-0.15, -0.1) is 0 Å². The molecule has 1 aliphatic heterocycles. The van der Waals surface area contributed by atoms with Gasteiger partial charge in [0.25, 0.3) is 0 Å². The lowest BCUT2D eigenvalue weighted by atomic mass is 10.4. The number of hydrogen-bond donors (Lipinski definition) is 1. The Kier molecular flexibility index (Phi) is 3.88. The number of hydrazone groups is 1. The van der Waals surface area contributed by atoms with Crippen molar-refractivity contribution in [1.82, 2.24) is 9.97 Å². The Bertz CT molecular complexity index is 564. The van der Waals surface area contributed by atoms with Crippen LogP contribution in [-0.4, -0.2) is 42.5 Å². The molecule has 104 valence electrons. The molecule has 0 saturated carbocycles. The first-order valence-corrected chi connectivity index (χ1v) is 6.39. The smallest absolute Gasteiger partial charge is 0.151 e. The highest BCUT2D eigenvalue weighted by Crippen LogP contribution is 2.15. The second-order valence-corrected chi connectivity index (χ2v) is 4.25. The minimum absolute atomic E-state index is 0.643. The highest BCUT2D eigenvalue weighted by atomic mass is 16.5. The molecule has 20 heavy (non-hydrogen) atoms. The largest absolute Gasteiger partial charge is 0.463 e. The minimum Gasteiger partial charge on any atom is -0.463 e. The highest BCUT2D eigenvalue weighted by Gasteiger charge is 2.12. The number of anilines is 2. The lowest BCUT2D eigenvalue weighted by molar-refractivity contribution is 0.122. The van der Waals surface area contributed by atoms with E-state index >= 15 is 0 Å². The van der Waals surface area contributed by atoms with Crippen LogP contribution in [0.3, 0.4) is 0 Å². The molecule has 1 aliphatic rings. The van der Waals surface area contributed by atoms with Crippen LogP contribution in [0.25, 0.3) is 0 Å². The Labute approximate surface area is 116 Å². The summed E-state index contributed by atoms with van der Waals surface area (Å²) in [6.45, 7) is 3.13. The van der Waals surface area contributed by atoms with Crippen molar-refractivity contribution in [2.75, 3.05) is 36.6 Å². The van der Waals surface area contributed by atoms with E-state index in [1.165, 1.54) is 6.33 Å². The van der Waals surface area contributed by atoms with Crippen LogP contribution in [0.4, 0.5) is 11.6 Å². The Hall–Kier alpha value is -2.41. The van der Waals surface area contributed by atoms with E-state index in [0.29, 0.717) is 11.6 Å². The van der Waals surface area contributed by atoms with Crippen molar-refractivity contribution in [2.45, 2.75) is 0 Å². The zero-order chi connectivity index (χ0) is 13.6. The third-order valence-electron chi connectivity index (χ3n) is 2.90. The molecular formula is C13H15N5O2. The SMILES string of the molecule is C(=N\Nc1cc(N2CCOCC2)ncn1)/c1ccco1. The molecule has 7 heteroatoms. The van der Waals surface area contributed by atoms with E-state index in [9.17, 15) is 0 Å². The van der Waals surface area contributed by atoms with Crippen molar-refractivity contribution in [3.05, 3.63) is 36.5 Å². The molecule has 0 amide bonds. The van der Waals surface area contributed by atoms with Crippen LogP contribution in [0.1, 0.15) is 5.76 Å². The maximum atomic E-state index is 5.32.